The number of nitrogens with zero attached hydrogens (tertiary/aromatic N) is 1. The predicted molar refractivity (Wildman–Crippen MR) is 74.5 cm³/mol. The molecule has 1 rings (SSSR count). The van der Waals surface area contributed by atoms with Gasteiger partial charge in [0.25, 0.3) is 0 Å². The third-order valence-corrected chi connectivity index (χ3v) is 3.29. The zero-order chi connectivity index (χ0) is 12.7. The zero-order valence-corrected chi connectivity index (χ0v) is 12.0. The Hall–Kier alpha value is -0.850. The number of benzene rings is 1. The molecular weight excluding hydrogens is 276 g/mol. The van der Waals surface area contributed by atoms with E-state index in [0.717, 1.165) is 24.0 Å². The number of nitrogens with one attached hydrogen (secondary N) is 1. The lowest BCUT2D eigenvalue weighted by molar-refractivity contribution is 0.317. The Labute approximate surface area is 112 Å². The average Bonchev–Trinajstić information content (AvgIpc) is 2.29. The zero-order valence-electron chi connectivity index (χ0n) is 10.5. The second-order valence-electron chi connectivity index (χ2n) is 5.05. The number of hydrogen-bond donors (Lipinski definition) is 1. The third kappa shape index (κ3) is 5.86. The van der Waals surface area contributed by atoms with Crippen molar-refractivity contribution >= 4 is 15.9 Å². The maximum atomic E-state index is 8.58. The summed E-state index contributed by atoms with van der Waals surface area (Å²) in [4.78, 5) is 0. The minimum atomic E-state index is 0.186. The minimum absolute atomic E-state index is 0.186. The topological polar surface area (TPSA) is 35.8 Å². The van der Waals surface area contributed by atoms with Crippen LogP contribution in [0.1, 0.15) is 32.3 Å². The van der Waals surface area contributed by atoms with E-state index in [1.807, 2.05) is 0 Å². The highest BCUT2D eigenvalue weighted by Crippen LogP contribution is 2.20. The molecule has 0 aliphatic rings. The number of rotatable bonds is 6. The Bertz CT molecular complexity index is 376. The molecule has 92 valence electrons. The van der Waals surface area contributed by atoms with Crippen LogP contribution in [0.15, 0.2) is 28.7 Å². The van der Waals surface area contributed by atoms with Gasteiger partial charge in [-0.15, -0.1) is 0 Å². The Kier molecular flexibility index (Phi) is 5.67. The summed E-state index contributed by atoms with van der Waals surface area (Å²) in [6, 6.07) is 10.5. The van der Waals surface area contributed by atoms with Gasteiger partial charge in [-0.25, -0.2) is 0 Å². The maximum absolute atomic E-state index is 8.58. The molecule has 0 aliphatic heterocycles. The Balaban J connectivity index is 2.32. The van der Waals surface area contributed by atoms with Gasteiger partial charge in [-0.3, -0.25) is 0 Å². The fourth-order valence-electron chi connectivity index (χ4n) is 1.63. The molecule has 0 amide bonds. The fraction of sp³-hybridized carbons (Fsp3) is 0.500. The largest absolute Gasteiger partial charge is 0.312 e. The van der Waals surface area contributed by atoms with E-state index < -0.39 is 0 Å². The van der Waals surface area contributed by atoms with E-state index in [4.69, 9.17) is 5.26 Å². The lowest BCUT2D eigenvalue weighted by atomic mass is 9.88. The van der Waals surface area contributed by atoms with Gasteiger partial charge in [0.15, 0.2) is 0 Å². The first kappa shape index (κ1) is 14.2. The first-order valence-corrected chi connectivity index (χ1v) is 6.65. The van der Waals surface area contributed by atoms with Crippen LogP contribution in [0.4, 0.5) is 0 Å². The summed E-state index contributed by atoms with van der Waals surface area (Å²) in [5.74, 6) is 0. The summed E-state index contributed by atoms with van der Waals surface area (Å²) in [6.07, 6.45) is 1.57. The van der Waals surface area contributed by atoms with E-state index in [-0.39, 0.29) is 5.41 Å². The molecular formula is C14H19BrN2. The van der Waals surface area contributed by atoms with Gasteiger partial charge in [-0.05, 0) is 29.5 Å². The highest BCUT2D eigenvalue weighted by molar-refractivity contribution is 9.10. The van der Waals surface area contributed by atoms with Crippen molar-refractivity contribution < 1.29 is 0 Å². The fourth-order valence-corrected chi connectivity index (χ4v) is 1.89. The summed E-state index contributed by atoms with van der Waals surface area (Å²) >= 11 is 3.42. The normalized spacial score (nSPS) is 11.2. The molecule has 1 aromatic carbocycles. The smallest absolute Gasteiger partial charge is 0.0621 e. The quantitative estimate of drug-likeness (QED) is 0.864. The molecule has 2 nitrogen and oxygen atoms in total. The molecule has 0 atom stereocenters. The van der Waals surface area contributed by atoms with Gasteiger partial charge in [0.05, 0.1) is 6.07 Å². The lowest BCUT2D eigenvalue weighted by Gasteiger charge is -2.23. The van der Waals surface area contributed by atoms with Crippen molar-refractivity contribution in [1.29, 1.82) is 5.26 Å². The molecule has 0 bridgehead atoms. The average molecular weight is 295 g/mol. The van der Waals surface area contributed by atoms with Crippen molar-refractivity contribution in [3.63, 3.8) is 0 Å². The van der Waals surface area contributed by atoms with E-state index in [9.17, 15) is 0 Å². The molecule has 0 fully saturated rings. The molecule has 1 aromatic rings. The van der Waals surface area contributed by atoms with E-state index in [1.54, 1.807) is 0 Å². The monoisotopic (exact) mass is 294 g/mol. The molecule has 0 heterocycles. The number of nitriles is 1. The lowest BCUT2D eigenvalue weighted by Crippen LogP contribution is -2.28. The SMILES string of the molecule is CC(C)(CCC#N)CNCc1ccc(Br)cc1. The highest BCUT2D eigenvalue weighted by Gasteiger charge is 2.16. The van der Waals surface area contributed by atoms with Crippen LogP contribution < -0.4 is 5.32 Å². The van der Waals surface area contributed by atoms with Crippen molar-refractivity contribution in [1.82, 2.24) is 5.32 Å². The number of hydrogen-bond acceptors (Lipinski definition) is 2. The van der Waals surface area contributed by atoms with Crippen LogP contribution in [0.5, 0.6) is 0 Å². The van der Waals surface area contributed by atoms with Gasteiger partial charge in [-0.2, -0.15) is 5.26 Å². The predicted octanol–water partition coefficient (Wildman–Crippen LogP) is 3.87. The standard InChI is InChI=1S/C14H19BrN2/c1-14(2,8-3-9-16)11-17-10-12-4-6-13(15)7-5-12/h4-7,17H,3,8,10-11H2,1-2H3. The summed E-state index contributed by atoms with van der Waals surface area (Å²) in [5.41, 5.74) is 1.47. The van der Waals surface area contributed by atoms with Crippen molar-refractivity contribution in [3.05, 3.63) is 34.3 Å². The Morgan fingerprint density at radius 2 is 1.94 bits per heavy atom. The van der Waals surface area contributed by atoms with Crippen molar-refractivity contribution in [2.75, 3.05) is 6.54 Å². The molecule has 0 saturated heterocycles. The molecule has 0 aliphatic carbocycles. The Morgan fingerprint density at radius 1 is 1.29 bits per heavy atom. The first-order chi connectivity index (χ1) is 8.03. The summed E-state index contributed by atoms with van der Waals surface area (Å²) < 4.78 is 1.11. The van der Waals surface area contributed by atoms with E-state index in [2.05, 4.69) is 65.4 Å². The molecule has 1 N–H and O–H groups in total. The second-order valence-corrected chi connectivity index (χ2v) is 5.97. The van der Waals surface area contributed by atoms with Crippen molar-refractivity contribution in [2.24, 2.45) is 5.41 Å². The van der Waals surface area contributed by atoms with Crippen LogP contribution in [0.3, 0.4) is 0 Å². The molecule has 0 radical (unpaired) electrons. The van der Waals surface area contributed by atoms with Crippen LogP contribution in [0.2, 0.25) is 0 Å². The molecule has 0 spiro atoms. The van der Waals surface area contributed by atoms with Crippen molar-refractivity contribution in [3.8, 4) is 6.07 Å². The summed E-state index contributed by atoms with van der Waals surface area (Å²) in [5, 5.41) is 12.0. The Morgan fingerprint density at radius 3 is 2.53 bits per heavy atom. The van der Waals surface area contributed by atoms with E-state index in [1.165, 1.54) is 5.56 Å². The van der Waals surface area contributed by atoms with Crippen LogP contribution in [0, 0.1) is 16.7 Å². The minimum Gasteiger partial charge on any atom is -0.312 e. The summed E-state index contributed by atoms with van der Waals surface area (Å²) in [7, 11) is 0. The molecule has 0 aromatic heterocycles. The maximum Gasteiger partial charge on any atom is 0.0621 e. The van der Waals surface area contributed by atoms with Gasteiger partial charge in [0.2, 0.25) is 0 Å². The summed E-state index contributed by atoms with van der Waals surface area (Å²) in [6.45, 7) is 6.20. The molecule has 0 unspecified atom stereocenters. The van der Waals surface area contributed by atoms with Gasteiger partial charge < -0.3 is 5.32 Å². The molecule has 17 heavy (non-hydrogen) atoms. The molecule has 3 heteroatoms. The third-order valence-electron chi connectivity index (χ3n) is 2.76. The van der Waals surface area contributed by atoms with Crippen LogP contribution in [0.25, 0.3) is 0 Å². The van der Waals surface area contributed by atoms with E-state index in [0.29, 0.717) is 6.42 Å². The van der Waals surface area contributed by atoms with Gasteiger partial charge in [0, 0.05) is 24.0 Å². The molecule has 0 saturated carbocycles. The van der Waals surface area contributed by atoms with E-state index >= 15 is 0 Å². The van der Waals surface area contributed by atoms with Gasteiger partial charge >= 0.3 is 0 Å². The highest BCUT2D eigenvalue weighted by atomic mass is 79.9. The first-order valence-electron chi connectivity index (χ1n) is 5.86. The van der Waals surface area contributed by atoms with Gasteiger partial charge in [0.1, 0.15) is 0 Å². The van der Waals surface area contributed by atoms with Crippen LogP contribution in [-0.4, -0.2) is 6.54 Å². The second kappa shape index (κ2) is 6.78. The van der Waals surface area contributed by atoms with Gasteiger partial charge in [-0.1, -0.05) is 41.9 Å². The van der Waals surface area contributed by atoms with Crippen LogP contribution >= 0.6 is 15.9 Å². The van der Waals surface area contributed by atoms with Crippen molar-refractivity contribution in [2.45, 2.75) is 33.2 Å². The van der Waals surface area contributed by atoms with Crippen LogP contribution in [-0.2, 0) is 6.54 Å². The number of halogens is 1.